The van der Waals surface area contributed by atoms with Gasteiger partial charge in [0.05, 0.1) is 12.0 Å². The fraction of sp³-hybridized carbons (Fsp3) is 0.300. The summed E-state index contributed by atoms with van der Waals surface area (Å²) in [5.41, 5.74) is 6.31. The van der Waals surface area contributed by atoms with E-state index < -0.39 is 0 Å². The van der Waals surface area contributed by atoms with Crippen LogP contribution in [0.5, 0.6) is 5.75 Å². The van der Waals surface area contributed by atoms with E-state index in [1.807, 2.05) is 35.6 Å². The van der Waals surface area contributed by atoms with Crippen molar-refractivity contribution in [3.05, 3.63) is 65.3 Å². The minimum absolute atomic E-state index is 0.172. The van der Waals surface area contributed by atoms with Gasteiger partial charge in [0.1, 0.15) is 17.6 Å². The van der Waals surface area contributed by atoms with E-state index in [2.05, 4.69) is 39.1 Å². The Morgan fingerprint density at radius 3 is 2.71 bits per heavy atom. The van der Waals surface area contributed by atoms with Crippen molar-refractivity contribution in [2.24, 2.45) is 0 Å². The first-order chi connectivity index (χ1) is 13.5. The number of nitrogens with zero attached hydrogens (tertiary/aromatic N) is 4. The van der Waals surface area contributed by atoms with Crippen LogP contribution >= 0.6 is 11.6 Å². The zero-order valence-corrected chi connectivity index (χ0v) is 16.6. The SMILES string of the molecule is CC(C)n1cnc2c1NN(c1cccnc1Cl)C2NCCc1ccc(O)cc1. The van der Waals surface area contributed by atoms with E-state index in [-0.39, 0.29) is 18.0 Å². The highest BCUT2D eigenvalue weighted by Gasteiger charge is 2.35. The number of phenols is 1. The quantitative estimate of drug-likeness (QED) is 0.547. The monoisotopic (exact) mass is 398 g/mol. The summed E-state index contributed by atoms with van der Waals surface area (Å²) in [6.07, 6.45) is 4.19. The number of aromatic hydroxyl groups is 1. The molecular weight excluding hydrogens is 376 g/mol. The van der Waals surface area contributed by atoms with Gasteiger partial charge < -0.3 is 9.67 Å². The molecule has 1 aromatic carbocycles. The van der Waals surface area contributed by atoms with E-state index in [4.69, 9.17) is 11.6 Å². The zero-order valence-electron chi connectivity index (χ0n) is 15.8. The minimum Gasteiger partial charge on any atom is -0.508 e. The molecule has 1 atom stereocenters. The third-order valence-electron chi connectivity index (χ3n) is 4.81. The second-order valence-corrected chi connectivity index (χ2v) is 7.41. The van der Waals surface area contributed by atoms with Crippen LogP contribution in [-0.2, 0) is 6.42 Å². The third kappa shape index (κ3) is 3.50. The van der Waals surface area contributed by atoms with Gasteiger partial charge in [-0.25, -0.2) is 9.97 Å². The van der Waals surface area contributed by atoms with Crippen molar-refractivity contribution in [1.29, 1.82) is 0 Å². The zero-order chi connectivity index (χ0) is 19.7. The number of hydrazine groups is 1. The van der Waals surface area contributed by atoms with E-state index in [9.17, 15) is 5.11 Å². The largest absolute Gasteiger partial charge is 0.508 e. The highest BCUT2D eigenvalue weighted by Crippen LogP contribution is 2.39. The average Bonchev–Trinajstić information content (AvgIpc) is 3.24. The molecule has 0 saturated heterocycles. The number of halogens is 1. The molecule has 3 N–H and O–H groups in total. The Kier molecular flexibility index (Phi) is 5.11. The number of imidazole rings is 1. The lowest BCUT2D eigenvalue weighted by Crippen LogP contribution is -2.38. The van der Waals surface area contributed by atoms with Crippen LogP contribution in [0.4, 0.5) is 11.5 Å². The highest BCUT2D eigenvalue weighted by molar-refractivity contribution is 6.32. The lowest BCUT2D eigenvalue weighted by Gasteiger charge is -2.28. The van der Waals surface area contributed by atoms with Crippen molar-refractivity contribution >= 4 is 23.1 Å². The number of anilines is 2. The van der Waals surface area contributed by atoms with Crippen LogP contribution in [0, 0.1) is 0 Å². The maximum absolute atomic E-state index is 9.44. The minimum atomic E-state index is -0.172. The first-order valence-electron chi connectivity index (χ1n) is 9.29. The summed E-state index contributed by atoms with van der Waals surface area (Å²) >= 11 is 6.36. The molecule has 0 aliphatic carbocycles. The van der Waals surface area contributed by atoms with Crippen LogP contribution in [0.15, 0.2) is 48.9 Å². The van der Waals surface area contributed by atoms with Crippen LogP contribution in [0.25, 0.3) is 0 Å². The number of hydrogen-bond acceptors (Lipinski definition) is 6. The van der Waals surface area contributed by atoms with Crippen molar-refractivity contribution in [2.75, 3.05) is 17.0 Å². The summed E-state index contributed by atoms with van der Waals surface area (Å²) < 4.78 is 2.11. The second-order valence-electron chi connectivity index (χ2n) is 7.05. The van der Waals surface area contributed by atoms with E-state index in [0.717, 1.165) is 35.7 Å². The number of phenolic OH excluding ortho intramolecular Hbond substituents is 1. The molecule has 0 fully saturated rings. The Balaban J connectivity index is 1.57. The summed E-state index contributed by atoms with van der Waals surface area (Å²) in [6, 6.07) is 11.3. The topological polar surface area (TPSA) is 78.2 Å². The van der Waals surface area contributed by atoms with Gasteiger partial charge in [-0.2, -0.15) is 0 Å². The number of hydrogen-bond donors (Lipinski definition) is 3. The molecular formula is C20H23ClN6O. The summed E-state index contributed by atoms with van der Waals surface area (Å²) in [4.78, 5) is 8.85. The van der Waals surface area contributed by atoms with Crippen LogP contribution < -0.4 is 15.8 Å². The smallest absolute Gasteiger partial charge is 0.154 e. The first-order valence-corrected chi connectivity index (χ1v) is 9.67. The van der Waals surface area contributed by atoms with Gasteiger partial charge in [-0.3, -0.25) is 15.8 Å². The Hall–Kier alpha value is -2.77. The molecule has 3 aromatic rings. The molecule has 1 aliphatic rings. The molecule has 28 heavy (non-hydrogen) atoms. The average molecular weight is 399 g/mol. The van der Waals surface area contributed by atoms with Crippen LogP contribution in [0.1, 0.15) is 37.3 Å². The Labute approximate surface area is 169 Å². The maximum Gasteiger partial charge on any atom is 0.154 e. The van der Waals surface area contributed by atoms with Crippen molar-refractivity contribution < 1.29 is 5.11 Å². The molecule has 0 amide bonds. The van der Waals surface area contributed by atoms with Gasteiger partial charge in [-0.1, -0.05) is 23.7 Å². The summed E-state index contributed by atoms with van der Waals surface area (Å²) in [7, 11) is 0. The lowest BCUT2D eigenvalue weighted by atomic mass is 10.1. The maximum atomic E-state index is 9.44. The van der Waals surface area contributed by atoms with E-state index in [1.54, 1.807) is 18.3 Å². The molecule has 8 heteroatoms. The Morgan fingerprint density at radius 1 is 1.21 bits per heavy atom. The predicted molar refractivity (Wildman–Crippen MR) is 111 cm³/mol. The molecule has 7 nitrogen and oxygen atoms in total. The molecule has 4 rings (SSSR count). The van der Waals surface area contributed by atoms with Gasteiger partial charge in [-0.15, -0.1) is 0 Å². The van der Waals surface area contributed by atoms with Gasteiger partial charge >= 0.3 is 0 Å². The van der Waals surface area contributed by atoms with E-state index in [1.165, 1.54) is 0 Å². The van der Waals surface area contributed by atoms with E-state index in [0.29, 0.717) is 5.15 Å². The number of rotatable bonds is 6. The van der Waals surface area contributed by atoms with Gasteiger partial charge in [-0.05, 0) is 50.1 Å². The summed E-state index contributed by atoms with van der Waals surface area (Å²) in [5.74, 6) is 1.23. The number of nitrogens with one attached hydrogen (secondary N) is 2. The Morgan fingerprint density at radius 2 is 2.00 bits per heavy atom. The molecule has 0 spiro atoms. The molecule has 1 aliphatic heterocycles. The van der Waals surface area contributed by atoms with Crippen LogP contribution in [0.3, 0.4) is 0 Å². The normalized spacial score (nSPS) is 15.7. The van der Waals surface area contributed by atoms with Crippen molar-refractivity contribution in [2.45, 2.75) is 32.5 Å². The van der Waals surface area contributed by atoms with Crippen LogP contribution in [0.2, 0.25) is 5.15 Å². The first kappa shape index (κ1) is 18.6. The van der Waals surface area contributed by atoms with Gasteiger partial charge in [0, 0.05) is 18.8 Å². The fourth-order valence-corrected chi connectivity index (χ4v) is 3.55. The predicted octanol–water partition coefficient (Wildman–Crippen LogP) is 3.90. The van der Waals surface area contributed by atoms with Gasteiger partial charge in [0.15, 0.2) is 11.0 Å². The summed E-state index contributed by atoms with van der Waals surface area (Å²) in [6.45, 7) is 4.98. The van der Waals surface area contributed by atoms with Crippen LogP contribution in [-0.4, -0.2) is 26.2 Å². The number of fused-ring (bicyclic) bond motifs is 1. The summed E-state index contributed by atoms with van der Waals surface area (Å²) in [5, 5.41) is 15.4. The standard InChI is InChI=1S/C20H23ClN6O/c1-13(2)26-12-24-17-19(23-11-9-14-5-7-15(28)8-6-14)27(25-20(17)26)16-4-3-10-22-18(16)21/h3-8,10,12-13,19,23,25,28H,9,11H2,1-2H3. The molecule has 2 aromatic heterocycles. The molecule has 146 valence electrons. The lowest BCUT2D eigenvalue weighted by molar-refractivity contribution is 0.475. The van der Waals surface area contributed by atoms with Gasteiger partial charge in [0.25, 0.3) is 0 Å². The highest BCUT2D eigenvalue weighted by atomic mass is 35.5. The number of aromatic nitrogens is 3. The Bertz CT molecular complexity index is 956. The number of benzene rings is 1. The van der Waals surface area contributed by atoms with Crippen molar-refractivity contribution in [3.8, 4) is 5.75 Å². The number of pyridine rings is 1. The fourth-order valence-electron chi connectivity index (χ4n) is 3.34. The second kappa shape index (κ2) is 7.69. The molecule has 0 radical (unpaired) electrons. The third-order valence-corrected chi connectivity index (χ3v) is 5.10. The molecule has 1 unspecified atom stereocenters. The molecule has 0 saturated carbocycles. The molecule has 3 heterocycles. The van der Waals surface area contributed by atoms with E-state index >= 15 is 0 Å². The van der Waals surface area contributed by atoms with Gasteiger partial charge in [0.2, 0.25) is 0 Å². The van der Waals surface area contributed by atoms with Crippen molar-refractivity contribution in [1.82, 2.24) is 19.9 Å². The van der Waals surface area contributed by atoms with Crippen molar-refractivity contribution in [3.63, 3.8) is 0 Å². The molecule has 0 bridgehead atoms.